The summed E-state index contributed by atoms with van der Waals surface area (Å²) in [6, 6.07) is 11.6. The minimum absolute atomic E-state index is 0.123. The summed E-state index contributed by atoms with van der Waals surface area (Å²) in [4.78, 5) is 19.0. The van der Waals surface area contributed by atoms with Crippen molar-refractivity contribution in [3.05, 3.63) is 63.3 Å². The van der Waals surface area contributed by atoms with Gasteiger partial charge in [0.25, 0.3) is 5.91 Å². The smallest absolute Gasteiger partial charge is 0.271 e. The molecule has 2 heterocycles. The number of rotatable bonds is 5. The normalized spacial score (nSPS) is 16.1. The summed E-state index contributed by atoms with van der Waals surface area (Å²) < 4.78 is 0.697. The lowest BCUT2D eigenvalue weighted by Gasteiger charge is -2.28. The van der Waals surface area contributed by atoms with Gasteiger partial charge in [0.2, 0.25) is 0 Å². The maximum absolute atomic E-state index is 12.4. The summed E-state index contributed by atoms with van der Waals surface area (Å²) >= 11 is 9.53. The molecule has 0 saturated carbocycles. The summed E-state index contributed by atoms with van der Waals surface area (Å²) in [6.45, 7) is 2.61. The fourth-order valence-corrected chi connectivity index (χ4v) is 3.68. The van der Waals surface area contributed by atoms with Crippen molar-refractivity contribution in [2.45, 2.75) is 18.9 Å². The van der Waals surface area contributed by atoms with Gasteiger partial charge in [-0.3, -0.25) is 9.69 Å². The summed E-state index contributed by atoms with van der Waals surface area (Å²) in [5.41, 5.74) is 1.54. The van der Waals surface area contributed by atoms with Crippen LogP contribution in [-0.2, 0) is 0 Å². The molecule has 126 valence electrons. The Labute approximate surface area is 155 Å². The van der Waals surface area contributed by atoms with Crippen LogP contribution in [-0.4, -0.2) is 35.4 Å². The van der Waals surface area contributed by atoms with Crippen molar-refractivity contribution in [3.8, 4) is 0 Å². The molecular formula is C18H19BrClN3O. The largest absolute Gasteiger partial charge is 0.349 e. The molecule has 1 unspecified atom stereocenters. The third-order valence-corrected chi connectivity index (χ3v) is 5.12. The van der Waals surface area contributed by atoms with E-state index >= 15 is 0 Å². The molecule has 24 heavy (non-hydrogen) atoms. The number of pyridine rings is 1. The SMILES string of the molecule is O=C(NCC(c1cccc(Cl)c1)N1CCCC1)c1ncccc1Br. The molecule has 6 heteroatoms. The molecule has 1 aromatic carbocycles. The number of hydrogen-bond acceptors (Lipinski definition) is 3. The zero-order valence-corrected chi connectivity index (χ0v) is 15.6. The second-order valence-electron chi connectivity index (χ2n) is 5.86. The highest BCUT2D eigenvalue weighted by Gasteiger charge is 2.24. The molecule has 4 nitrogen and oxygen atoms in total. The standard InChI is InChI=1S/C18H19BrClN3O/c19-15-7-4-8-21-17(15)18(24)22-12-16(23-9-1-2-10-23)13-5-3-6-14(20)11-13/h3-8,11,16H,1-2,9-10,12H2,(H,22,24). The van der Waals surface area contributed by atoms with Crippen LogP contribution >= 0.6 is 27.5 Å². The molecule has 1 aromatic heterocycles. The Morgan fingerprint density at radius 1 is 1.29 bits per heavy atom. The molecular weight excluding hydrogens is 390 g/mol. The van der Waals surface area contributed by atoms with Gasteiger partial charge in [0.1, 0.15) is 5.69 Å². The molecule has 3 rings (SSSR count). The van der Waals surface area contributed by atoms with Gasteiger partial charge in [-0.1, -0.05) is 23.7 Å². The van der Waals surface area contributed by atoms with Crippen LogP contribution in [0.2, 0.25) is 5.02 Å². The lowest BCUT2D eigenvalue weighted by molar-refractivity contribution is 0.0932. The topological polar surface area (TPSA) is 45.2 Å². The van der Waals surface area contributed by atoms with Gasteiger partial charge < -0.3 is 5.32 Å². The van der Waals surface area contributed by atoms with Gasteiger partial charge in [-0.2, -0.15) is 0 Å². The minimum atomic E-state index is -0.173. The quantitative estimate of drug-likeness (QED) is 0.811. The number of aromatic nitrogens is 1. The van der Waals surface area contributed by atoms with Crippen LogP contribution in [0.4, 0.5) is 0 Å². The predicted molar refractivity (Wildman–Crippen MR) is 99.3 cm³/mol. The molecule has 1 N–H and O–H groups in total. The van der Waals surface area contributed by atoms with Crippen molar-refractivity contribution >= 4 is 33.4 Å². The average Bonchev–Trinajstić information content (AvgIpc) is 3.10. The molecule has 0 bridgehead atoms. The fraction of sp³-hybridized carbons (Fsp3) is 0.333. The monoisotopic (exact) mass is 407 g/mol. The molecule has 1 fully saturated rings. The first-order valence-electron chi connectivity index (χ1n) is 8.03. The number of hydrogen-bond donors (Lipinski definition) is 1. The number of benzene rings is 1. The van der Waals surface area contributed by atoms with Crippen LogP contribution in [0.25, 0.3) is 0 Å². The lowest BCUT2D eigenvalue weighted by atomic mass is 10.1. The summed E-state index contributed by atoms with van der Waals surface area (Å²) in [6.07, 6.45) is 4.00. The van der Waals surface area contributed by atoms with E-state index in [0.717, 1.165) is 23.7 Å². The van der Waals surface area contributed by atoms with Crippen molar-refractivity contribution in [2.75, 3.05) is 19.6 Å². The maximum Gasteiger partial charge on any atom is 0.271 e. The highest BCUT2D eigenvalue weighted by atomic mass is 79.9. The Morgan fingerprint density at radius 2 is 2.08 bits per heavy atom. The number of nitrogens with one attached hydrogen (secondary N) is 1. The van der Waals surface area contributed by atoms with E-state index in [1.165, 1.54) is 12.8 Å². The molecule has 1 saturated heterocycles. The Bertz CT molecular complexity index is 719. The zero-order chi connectivity index (χ0) is 16.9. The van der Waals surface area contributed by atoms with Gasteiger partial charge in [-0.25, -0.2) is 4.98 Å². The Hall–Kier alpha value is -1.43. The number of nitrogens with zero attached hydrogens (tertiary/aromatic N) is 2. The number of carbonyl (C=O) groups excluding carboxylic acids is 1. The van der Waals surface area contributed by atoms with Crippen molar-refractivity contribution in [3.63, 3.8) is 0 Å². The van der Waals surface area contributed by atoms with Crippen molar-refractivity contribution in [1.82, 2.24) is 15.2 Å². The second-order valence-corrected chi connectivity index (χ2v) is 7.15. The Kier molecular flexibility index (Phi) is 5.87. The van der Waals surface area contributed by atoms with E-state index in [0.29, 0.717) is 16.7 Å². The molecule has 0 aliphatic carbocycles. The summed E-state index contributed by atoms with van der Waals surface area (Å²) in [5, 5.41) is 3.74. The van der Waals surface area contributed by atoms with E-state index < -0.39 is 0 Å². The maximum atomic E-state index is 12.4. The van der Waals surface area contributed by atoms with E-state index in [1.807, 2.05) is 24.3 Å². The molecule has 1 aliphatic rings. The fourth-order valence-electron chi connectivity index (χ4n) is 3.05. The highest BCUT2D eigenvalue weighted by molar-refractivity contribution is 9.10. The number of likely N-dealkylation sites (tertiary alicyclic amines) is 1. The highest BCUT2D eigenvalue weighted by Crippen LogP contribution is 2.26. The van der Waals surface area contributed by atoms with E-state index in [2.05, 4.69) is 37.2 Å². The summed E-state index contributed by atoms with van der Waals surface area (Å²) in [7, 11) is 0. The molecule has 0 spiro atoms. The van der Waals surface area contributed by atoms with Gasteiger partial charge in [-0.05, 0) is 71.7 Å². The van der Waals surface area contributed by atoms with Crippen LogP contribution in [0, 0.1) is 0 Å². The Balaban J connectivity index is 1.75. The van der Waals surface area contributed by atoms with Gasteiger partial charge in [-0.15, -0.1) is 0 Å². The van der Waals surface area contributed by atoms with Gasteiger partial charge >= 0.3 is 0 Å². The zero-order valence-electron chi connectivity index (χ0n) is 13.2. The number of amides is 1. The molecule has 0 radical (unpaired) electrons. The molecule has 1 atom stereocenters. The van der Waals surface area contributed by atoms with Crippen LogP contribution in [0.3, 0.4) is 0 Å². The average molecular weight is 409 g/mol. The van der Waals surface area contributed by atoms with Crippen molar-refractivity contribution in [1.29, 1.82) is 0 Å². The van der Waals surface area contributed by atoms with Crippen LogP contribution in [0.5, 0.6) is 0 Å². The van der Waals surface area contributed by atoms with Gasteiger partial charge in [0, 0.05) is 22.2 Å². The minimum Gasteiger partial charge on any atom is -0.349 e. The lowest BCUT2D eigenvalue weighted by Crippen LogP contribution is -2.37. The molecule has 1 amide bonds. The Morgan fingerprint density at radius 3 is 2.79 bits per heavy atom. The first-order chi connectivity index (χ1) is 11.6. The predicted octanol–water partition coefficient (Wildman–Crippen LogP) is 4.06. The van der Waals surface area contributed by atoms with Crippen molar-refractivity contribution < 1.29 is 4.79 Å². The van der Waals surface area contributed by atoms with Crippen LogP contribution in [0.15, 0.2) is 47.1 Å². The van der Waals surface area contributed by atoms with Crippen LogP contribution < -0.4 is 5.32 Å². The number of carbonyl (C=O) groups is 1. The van der Waals surface area contributed by atoms with Crippen molar-refractivity contribution in [2.24, 2.45) is 0 Å². The van der Waals surface area contributed by atoms with E-state index in [9.17, 15) is 4.79 Å². The second kappa shape index (κ2) is 8.10. The number of halogens is 2. The first-order valence-corrected chi connectivity index (χ1v) is 9.20. The summed E-state index contributed by atoms with van der Waals surface area (Å²) in [5.74, 6) is -0.173. The molecule has 1 aliphatic heterocycles. The van der Waals surface area contributed by atoms with Gasteiger partial charge in [0.15, 0.2) is 0 Å². The van der Waals surface area contributed by atoms with Gasteiger partial charge in [0.05, 0.1) is 6.04 Å². The van der Waals surface area contributed by atoms with E-state index in [4.69, 9.17) is 11.6 Å². The molecule has 2 aromatic rings. The third kappa shape index (κ3) is 4.15. The third-order valence-electron chi connectivity index (χ3n) is 4.24. The van der Waals surface area contributed by atoms with Crippen LogP contribution in [0.1, 0.15) is 34.9 Å². The first kappa shape index (κ1) is 17.4. The van der Waals surface area contributed by atoms with E-state index in [-0.39, 0.29) is 11.9 Å². The van der Waals surface area contributed by atoms with E-state index in [1.54, 1.807) is 12.3 Å².